The lowest BCUT2D eigenvalue weighted by molar-refractivity contribution is 0.102. The first-order valence-electron chi connectivity index (χ1n) is 6.70. The maximum Gasteiger partial charge on any atom is 0.256 e. The number of carbonyl (C=O) groups excluding carboxylic acids is 1. The van der Waals surface area contributed by atoms with E-state index in [9.17, 15) is 4.79 Å². The number of benzene rings is 1. The quantitative estimate of drug-likeness (QED) is 0.796. The zero-order valence-electron chi connectivity index (χ0n) is 12.2. The van der Waals surface area contributed by atoms with Crippen LogP contribution < -0.4 is 5.32 Å². The highest BCUT2D eigenvalue weighted by molar-refractivity contribution is 6.04. The number of aromatic nitrogens is 5. The number of hydrogen-bond donors (Lipinski definition) is 1. The molecule has 0 unspecified atom stereocenters. The summed E-state index contributed by atoms with van der Waals surface area (Å²) in [5.41, 5.74) is 2.32. The van der Waals surface area contributed by atoms with Crippen LogP contribution in [0.15, 0.2) is 42.6 Å². The Morgan fingerprint density at radius 3 is 2.82 bits per heavy atom. The van der Waals surface area contributed by atoms with E-state index in [0.29, 0.717) is 17.2 Å². The Hall–Kier alpha value is -3.09. The van der Waals surface area contributed by atoms with Crippen molar-refractivity contribution in [3.05, 3.63) is 53.7 Å². The summed E-state index contributed by atoms with van der Waals surface area (Å²) in [4.78, 5) is 16.4. The Bertz CT molecular complexity index is 826. The number of rotatable bonds is 3. The second-order valence-electron chi connectivity index (χ2n) is 4.88. The van der Waals surface area contributed by atoms with Crippen LogP contribution in [-0.4, -0.2) is 31.1 Å². The van der Waals surface area contributed by atoms with Gasteiger partial charge in [-0.05, 0) is 47.2 Å². The predicted octanol–water partition coefficient (Wildman–Crippen LogP) is 1.83. The van der Waals surface area contributed by atoms with E-state index in [1.165, 1.54) is 0 Å². The standard InChI is InChI=1S/C15H14N6O/c1-10-6-7-16-13(8-10)17-15(22)12-5-3-4-11(9-12)14-18-19-20-21(14)2/h3-9H,1-2H3,(H,16,17,22). The molecule has 0 bridgehead atoms. The molecule has 0 aliphatic heterocycles. The van der Waals surface area contributed by atoms with Crippen LogP contribution in [-0.2, 0) is 7.05 Å². The molecule has 110 valence electrons. The number of tetrazole rings is 1. The Balaban J connectivity index is 1.86. The second kappa shape index (κ2) is 5.72. The number of aryl methyl sites for hydroxylation is 2. The summed E-state index contributed by atoms with van der Waals surface area (Å²) in [6.45, 7) is 1.94. The topological polar surface area (TPSA) is 85.6 Å². The maximum absolute atomic E-state index is 12.3. The number of nitrogens with one attached hydrogen (secondary N) is 1. The number of anilines is 1. The van der Waals surface area contributed by atoms with Crippen LogP contribution >= 0.6 is 0 Å². The number of nitrogens with zero attached hydrogens (tertiary/aromatic N) is 5. The van der Waals surface area contributed by atoms with Gasteiger partial charge in [0.25, 0.3) is 5.91 Å². The molecule has 7 nitrogen and oxygen atoms in total. The minimum atomic E-state index is -0.227. The fourth-order valence-corrected chi connectivity index (χ4v) is 2.07. The van der Waals surface area contributed by atoms with Crippen LogP contribution in [0.25, 0.3) is 11.4 Å². The van der Waals surface area contributed by atoms with Gasteiger partial charge in [-0.25, -0.2) is 9.67 Å². The van der Waals surface area contributed by atoms with Crippen LogP contribution in [0.3, 0.4) is 0 Å². The van der Waals surface area contributed by atoms with Gasteiger partial charge in [0.2, 0.25) is 0 Å². The molecule has 3 rings (SSSR count). The van der Waals surface area contributed by atoms with Crippen LogP contribution in [0.2, 0.25) is 0 Å². The minimum absolute atomic E-state index is 0.227. The second-order valence-corrected chi connectivity index (χ2v) is 4.88. The van der Waals surface area contributed by atoms with Crippen LogP contribution in [0.4, 0.5) is 5.82 Å². The molecule has 3 aromatic rings. The van der Waals surface area contributed by atoms with Gasteiger partial charge >= 0.3 is 0 Å². The van der Waals surface area contributed by atoms with Gasteiger partial charge in [-0.15, -0.1) is 5.10 Å². The van der Waals surface area contributed by atoms with Gasteiger partial charge in [0, 0.05) is 24.4 Å². The average Bonchev–Trinajstić information content (AvgIpc) is 2.93. The maximum atomic E-state index is 12.3. The molecule has 1 aromatic carbocycles. The van der Waals surface area contributed by atoms with Crippen LogP contribution in [0, 0.1) is 6.92 Å². The van der Waals surface area contributed by atoms with E-state index >= 15 is 0 Å². The Morgan fingerprint density at radius 1 is 1.23 bits per heavy atom. The van der Waals surface area contributed by atoms with Gasteiger partial charge in [-0.3, -0.25) is 4.79 Å². The highest BCUT2D eigenvalue weighted by Crippen LogP contribution is 2.17. The molecular weight excluding hydrogens is 280 g/mol. The molecule has 0 radical (unpaired) electrons. The first kappa shape index (κ1) is 13.9. The van der Waals surface area contributed by atoms with Crippen molar-refractivity contribution < 1.29 is 4.79 Å². The van der Waals surface area contributed by atoms with Crippen molar-refractivity contribution in [3.63, 3.8) is 0 Å². The van der Waals surface area contributed by atoms with Crippen LogP contribution in [0.1, 0.15) is 15.9 Å². The molecule has 0 atom stereocenters. The normalized spacial score (nSPS) is 10.5. The van der Waals surface area contributed by atoms with Gasteiger partial charge in [0.05, 0.1) is 0 Å². The van der Waals surface area contributed by atoms with Crippen molar-refractivity contribution in [2.45, 2.75) is 6.92 Å². The molecule has 1 amide bonds. The smallest absolute Gasteiger partial charge is 0.256 e. The summed E-state index contributed by atoms with van der Waals surface area (Å²) < 4.78 is 1.55. The van der Waals surface area contributed by atoms with E-state index in [1.807, 2.05) is 25.1 Å². The summed E-state index contributed by atoms with van der Waals surface area (Å²) >= 11 is 0. The monoisotopic (exact) mass is 294 g/mol. The van der Waals surface area contributed by atoms with Crippen molar-refractivity contribution in [3.8, 4) is 11.4 Å². The van der Waals surface area contributed by atoms with E-state index in [0.717, 1.165) is 11.1 Å². The molecule has 0 fully saturated rings. The molecule has 0 spiro atoms. The molecule has 2 heterocycles. The van der Waals surface area contributed by atoms with Crippen LogP contribution in [0.5, 0.6) is 0 Å². The zero-order chi connectivity index (χ0) is 15.5. The van der Waals surface area contributed by atoms with Crippen molar-refractivity contribution in [1.29, 1.82) is 0 Å². The Labute approximate surface area is 127 Å². The molecule has 0 aliphatic carbocycles. The van der Waals surface area contributed by atoms with Crippen molar-refractivity contribution >= 4 is 11.7 Å². The summed E-state index contributed by atoms with van der Waals surface area (Å²) in [5, 5.41) is 14.1. The van der Waals surface area contributed by atoms with Crippen molar-refractivity contribution in [2.75, 3.05) is 5.32 Å². The number of hydrogen-bond acceptors (Lipinski definition) is 5. The first-order valence-corrected chi connectivity index (χ1v) is 6.70. The number of carbonyl (C=O) groups is 1. The molecule has 22 heavy (non-hydrogen) atoms. The fourth-order valence-electron chi connectivity index (χ4n) is 2.07. The summed E-state index contributed by atoms with van der Waals surface area (Å²) in [6.07, 6.45) is 1.66. The molecule has 0 aliphatic rings. The van der Waals surface area contributed by atoms with Gasteiger partial charge in [-0.1, -0.05) is 12.1 Å². The van der Waals surface area contributed by atoms with Crippen molar-refractivity contribution in [1.82, 2.24) is 25.2 Å². The Morgan fingerprint density at radius 2 is 2.09 bits per heavy atom. The van der Waals surface area contributed by atoms with E-state index < -0.39 is 0 Å². The largest absolute Gasteiger partial charge is 0.307 e. The van der Waals surface area contributed by atoms with E-state index in [4.69, 9.17) is 0 Å². The molecular formula is C15H14N6O. The van der Waals surface area contributed by atoms with Gasteiger partial charge < -0.3 is 5.32 Å². The van der Waals surface area contributed by atoms with E-state index in [2.05, 4.69) is 25.8 Å². The molecule has 2 aromatic heterocycles. The average molecular weight is 294 g/mol. The van der Waals surface area contributed by atoms with E-state index in [1.54, 1.807) is 36.1 Å². The van der Waals surface area contributed by atoms with Gasteiger partial charge in [0.15, 0.2) is 5.82 Å². The van der Waals surface area contributed by atoms with Crippen molar-refractivity contribution in [2.24, 2.45) is 7.05 Å². The number of amides is 1. The summed E-state index contributed by atoms with van der Waals surface area (Å²) in [5.74, 6) is 0.897. The molecule has 1 N–H and O–H groups in total. The summed E-state index contributed by atoms with van der Waals surface area (Å²) in [6, 6.07) is 10.8. The summed E-state index contributed by atoms with van der Waals surface area (Å²) in [7, 11) is 1.75. The third-order valence-corrected chi connectivity index (χ3v) is 3.16. The SMILES string of the molecule is Cc1ccnc(NC(=O)c2cccc(-c3nnnn3C)c2)c1. The van der Waals surface area contributed by atoms with Gasteiger partial charge in [0.1, 0.15) is 5.82 Å². The Kier molecular flexibility index (Phi) is 3.61. The first-order chi connectivity index (χ1) is 10.6. The lowest BCUT2D eigenvalue weighted by Gasteiger charge is -2.06. The third kappa shape index (κ3) is 2.83. The highest BCUT2D eigenvalue weighted by Gasteiger charge is 2.11. The van der Waals surface area contributed by atoms with E-state index in [-0.39, 0.29) is 5.91 Å². The van der Waals surface area contributed by atoms with Gasteiger partial charge in [-0.2, -0.15) is 0 Å². The molecule has 0 saturated heterocycles. The lowest BCUT2D eigenvalue weighted by Crippen LogP contribution is -2.13. The minimum Gasteiger partial charge on any atom is -0.307 e. The zero-order valence-corrected chi connectivity index (χ0v) is 12.2. The third-order valence-electron chi connectivity index (χ3n) is 3.16. The fraction of sp³-hybridized carbons (Fsp3) is 0.133. The molecule has 0 saturated carbocycles. The molecule has 7 heteroatoms. The highest BCUT2D eigenvalue weighted by atomic mass is 16.1. The lowest BCUT2D eigenvalue weighted by atomic mass is 10.1. The predicted molar refractivity (Wildman–Crippen MR) is 81.2 cm³/mol. The number of pyridine rings is 1.